The third-order valence-corrected chi connectivity index (χ3v) is 4.44. The average molecular weight is 302 g/mol. The van der Waals surface area contributed by atoms with Crippen LogP contribution in [0.3, 0.4) is 0 Å². The summed E-state index contributed by atoms with van der Waals surface area (Å²) < 4.78 is 0. The summed E-state index contributed by atoms with van der Waals surface area (Å²) in [5.41, 5.74) is 0. The number of hydrogen-bond donors (Lipinski definition) is 1. The number of carbonyl (C=O) groups excluding carboxylic acids is 1. The van der Waals surface area contributed by atoms with E-state index in [4.69, 9.17) is 0 Å². The highest BCUT2D eigenvalue weighted by Gasteiger charge is 2.12. The number of nitrogens with one attached hydrogen (secondary N) is 1. The van der Waals surface area contributed by atoms with Gasteiger partial charge in [-0.15, -0.1) is 21.5 Å². The summed E-state index contributed by atoms with van der Waals surface area (Å²) in [4.78, 5) is 14.9. The van der Waals surface area contributed by atoms with Gasteiger partial charge in [0.1, 0.15) is 0 Å². The Labute approximate surface area is 128 Å². The highest BCUT2D eigenvalue weighted by molar-refractivity contribution is 7.12. The van der Waals surface area contributed by atoms with Crippen LogP contribution in [0.1, 0.15) is 35.4 Å². The zero-order chi connectivity index (χ0) is 14.5. The number of anilines is 2. The number of carbonyl (C=O) groups is 1. The summed E-state index contributed by atoms with van der Waals surface area (Å²) in [6.07, 6.45) is 4.99. The van der Waals surface area contributed by atoms with Crippen LogP contribution in [-0.4, -0.2) is 29.2 Å². The van der Waals surface area contributed by atoms with Crippen molar-refractivity contribution in [1.29, 1.82) is 0 Å². The second kappa shape index (κ2) is 6.67. The Balaban J connectivity index is 1.65. The molecule has 1 fully saturated rings. The van der Waals surface area contributed by atoms with Gasteiger partial charge in [0.15, 0.2) is 11.6 Å². The first-order valence-corrected chi connectivity index (χ1v) is 8.14. The van der Waals surface area contributed by atoms with Gasteiger partial charge in [-0.3, -0.25) is 4.79 Å². The van der Waals surface area contributed by atoms with E-state index < -0.39 is 0 Å². The number of thiophene rings is 1. The Morgan fingerprint density at radius 3 is 2.52 bits per heavy atom. The molecule has 2 aromatic heterocycles. The van der Waals surface area contributed by atoms with E-state index in [-0.39, 0.29) is 5.91 Å². The fourth-order valence-corrected chi connectivity index (χ4v) is 3.06. The molecule has 1 N–H and O–H groups in total. The van der Waals surface area contributed by atoms with Gasteiger partial charge in [-0.05, 0) is 36.4 Å². The number of hydrogen-bond acceptors (Lipinski definition) is 5. The molecule has 0 radical (unpaired) electrons. The fraction of sp³-hybridized carbons (Fsp3) is 0.400. The molecule has 110 valence electrons. The summed E-state index contributed by atoms with van der Waals surface area (Å²) in [6, 6.07) is 7.40. The monoisotopic (exact) mass is 302 g/mol. The standard InChI is InChI=1S/C15H18N4OS/c20-15(12-6-5-11-21-12)16-13-7-8-14(18-17-13)19-9-3-1-2-4-10-19/h5-8,11H,1-4,9-10H2,(H,16,17,20). The Bertz CT molecular complexity index is 574. The summed E-state index contributed by atoms with van der Waals surface area (Å²) in [5, 5.41) is 13.0. The van der Waals surface area contributed by atoms with Crippen LogP contribution in [0.5, 0.6) is 0 Å². The van der Waals surface area contributed by atoms with Gasteiger partial charge in [0.05, 0.1) is 4.88 Å². The molecule has 1 aliphatic heterocycles. The summed E-state index contributed by atoms with van der Waals surface area (Å²) >= 11 is 1.41. The minimum absolute atomic E-state index is 0.137. The zero-order valence-corrected chi connectivity index (χ0v) is 12.6. The van der Waals surface area contributed by atoms with Gasteiger partial charge >= 0.3 is 0 Å². The first-order valence-electron chi connectivity index (χ1n) is 7.26. The molecule has 0 saturated carbocycles. The second-order valence-electron chi connectivity index (χ2n) is 5.11. The average Bonchev–Trinajstić information content (AvgIpc) is 2.91. The van der Waals surface area contributed by atoms with Crippen LogP contribution in [0, 0.1) is 0 Å². The van der Waals surface area contributed by atoms with E-state index in [1.54, 1.807) is 6.07 Å². The van der Waals surface area contributed by atoms with Crippen molar-refractivity contribution in [2.24, 2.45) is 0 Å². The first-order chi connectivity index (χ1) is 10.3. The van der Waals surface area contributed by atoms with Gasteiger partial charge in [-0.25, -0.2) is 0 Å². The summed E-state index contributed by atoms with van der Waals surface area (Å²) in [7, 11) is 0. The van der Waals surface area contributed by atoms with Crippen LogP contribution in [0.25, 0.3) is 0 Å². The van der Waals surface area contributed by atoms with E-state index in [0.717, 1.165) is 18.9 Å². The maximum atomic E-state index is 11.9. The smallest absolute Gasteiger partial charge is 0.266 e. The number of amides is 1. The lowest BCUT2D eigenvalue weighted by Gasteiger charge is -2.20. The van der Waals surface area contributed by atoms with E-state index >= 15 is 0 Å². The molecule has 0 atom stereocenters. The third kappa shape index (κ3) is 3.58. The van der Waals surface area contributed by atoms with Crippen LogP contribution < -0.4 is 10.2 Å². The van der Waals surface area contributed by atoms with Crippen molar-refractivity contribution in [1.82, 2.24) is 10.2 Å². The lowest BCUT2D eigenvalue weighted by Crippen LogP contribution is -2.25. The Kier molecular flexibility index (Phi) is 4.45. The SMILES string of the molecule is O=C(Nc1ccc(N2CCCCCC2)nn1)c1cccs1. The van der Waals surface area contributed by atoms with Gasteiger partial charge in [0, 0.05) is 13.1 Å². The quantitative estimate of drug-likeness (QED) is 0.946. The van der Waals surface area contributed by atoms with E-state index in [0.29, 0.717) is 10.7 Å². The van der Waals surface area contributed by atoms with Crippen molar-refractivity contribution in [2.45, 2.75) is 25.7 Å². The zero-order valence-electron chi connectivity index (χ0n) is 11.8. The third-order valence-electron chi connectivity index (χ3n) is 3.57. The Hall–Kier alpha value is -1.95. The van der Waals surface area contributed by atoms with Crippen molar-refractivity contribution in [3.8, 4) is 0 Å². The van der Waals surface area contributed by atoms with E-state index in [1.165, 1.54) is 37.0 Å². The van der Waals surface area contributed by atoms with Crippen LogP contribution in [-0.2, 0) is 0 Å². The molecule has 0 unspecified atom stereocenters. The molecular formula is C15H18N4OS. The highest BCUT2D eigenvalue weighted by Crippen LogP contribution is 2.18. The van der Waals surface area contributed by atoms with Crippen molar-refractivity contribution in [2.75, 3.05) is 23.3 Å². The maximum absolute atomic E-state index is 11.9. The molecule has 0 aliphatic carbocycles. The normalized spacial score (nSPS) is 15.5. The largest absolute Gasteiger partial charge is 0.355 e. The fourth-order valence-electron chi connectivity index (χ4n) is 2.45. The minimum atomic E-state index is -0.137. The first kappa shape index (κ1) is 14.0. The molecule has 1 amide bonds. The minimum Gasteiger partial charge on any atom is -0.355 e. The molecule has 1 aliphatic rings. The van der Waals surface area contributed by atoms with Crippen LogP contribution in [0.2, 0.25) is 0 Å². The van der Waals surface area contributed by atoms with Crippen LogP contribution in [0.15, 0.2) is 29.6 Å². The second-order valence-corrected chi connectivity index (χ2v) is 6.06. The molecule has 0 spiro atoms. The molecule has 2 aromatic rings. The molecular weight excluding hydrogens is 284 g/mol. The predicted octanol–water partition coefficient (Wildman–Crippen LogP) is 3.17. The Morgan fingerprint density at radius 2 is 1.90 bits per heavy atom. The highest BCUT2D eigenvalue weighted by atomic mass is 32.1. The molecule has 0 aromatic carbocycles. The topological polar surface area (TPSA) is 58.1 Å². The summed E-state index contributed by atoms with van der Waals surface area (Å²) in [5.74, 6) is 1.25. The van der Waals surface area contributed by atoms with Crippen LogP contribution >= 0.6 is 11.3 Å². The lowest BCUT2D eigenvalue weighted by atomic mass is 10.2. The van der Waals surface area contributed by atoms with Crippen molar-refractivity contribution >= 4 is 28.9 Å². The van der Waals surface area contributed by atoms with Gasteiger partial charge in [-0.2, -0.15) is 0 Å². The van der Waals surface area contributed by atoms with Crippen molar-refractivity contribution < 1.29 is 4.79 Å². The predicted molar refractivity (Wildman–Crippen MR) is 85.0 cm³/mol. The molecule has 3 heterocycles. The molecule has 6 heteroatoms. The molecule has 3 rings (SSSR count). The Morgan fingerprint density at radius 1 is 1.10 bits per heavy atom. The maximum Gasteiger partial charge on any atom is 0.266 e. The van der Waals surface area contributed by atoms with Gasteiger partial charge < -0.3 is 10.2 Å². The molecule has 21 heavy (non-hydrogen) atoms. The molecule has 5 nitrogen and oxygen atoms in total. The van der Waals surface area contributed by atoms with E-state index in [1.807, 2.05) is 23.6 Å². The van der Waals surface area contributed by atoms with Gasteiger partial charge in [0.25, 0.3) is 5.91 Å². The van der Waals surface area contributed by atoms with Gasteiger partial charge in [0.2, 0.25) is 0 Å². The number of rotatable bonds is 3. The van der Waals surface area contributed by atoms with Gasteiger partial charge in [-0.1, -0.05) is 18.9 Å². The van der Waals surface area contributed by atoms with Crippen molar-refractivity contribution in [3.05, 3.63) is 34.5 Å². The van der Waals surface area contributed by atoms with E-state index in [9.17, 15) is 4.79 Å². The number of nitrogens with zero attached hydrogens (tertiary/aromatic N) is 3. The molecule has 1 saturated heterocycles. The lowest BCUT2D eigenvalue weighted by molar-refractivity contribution is 0.103. The molecule has 0 bridgehead atoms. The van der Waals surface area contributed by atoms with E-state index in [2.05, 4.69) is 20.4 Å². The van der Waals surface area contributed by atoms with Crippen molar-refractivity contribution in [3.63, 3.8) is 0 Å². The van der Waals surface area contributed by atoms with Crippen LogP contribution in [0.4, 0.5) is 11.6 Å². The number of aromatic nitrogens is 2. The summed E-state index contributed by atoms with van der Waals surface area (Å²) in [6.45, 7) is 2.07.